The van der Waals surface area contributed by atoms with Crippen LogP contribution in [-0.4, -0.2) is 54.0 Å². The van der Waals surface area contributed by atoms with Crippen molar-refractivity contribution < 1.29 is 14.3 Å². The summed E-state index contributed by atoms with van der Waals surface area (Å²) in [7, 11) is 1.39. The minimum Gasteiger partial charge on any atom is -0.465 e. The molecule has 6 rings (SSSR count). The van der Waals surface area contributed by atoms with Gasteiger partial charge in [-0.25, -0.2) is 4.79 Å². The van der Waals surface area contributed by atoms with Crippen LogP contribution >= 0.6 is 12.2 Å². The van der Waals surface area contributed by atoms with Gasteiger partial charge in [0.25, 0.3) is 0 Å². The summed E-state index contributed by atoms with van der Waals surface area (Å²) in [6, 6.07) is 24.1. The Hall–Kier alpha value is -4.21. The van der Waals surface area contributed by atoms with E-state index in [0.29, 0.717) is 10.7 Å². The van der Waals surface area contributed by atoms with Crippen LogP contribution < -0.4 is 15.1 Å². The molecule has 41 heavy (non-hydrogen) atoms. The zero-order chi connectivity index (χ0) is 28.5. The van der Waals surface area contributed by atoms with E-state index in [2.05, 4.69) is 63.9 Å². The van der Waals surface area contributed by atoms with E-state index >= 15 is 0 Å². The van der Waals surface area contributed by atoms with Crippen LogP contribution in [0.15, 0.2) is 79.0 Å². The van der Waals surface area contributed by atoms with Crippen LogP contribution in [-0.2, 0) is 9.47 Å². The number of hydrogen-bond donors (Lipinski definition) is 1. The van der Waals surface area contributed by atoms with Crippen molar-refractivity contribution in [2.45, 2.75) is 25.9 Å². The van der Waals surface area contributed by atoms with E-state index in [1.807, 2.05) is 36.5 Å². The van der Waals surface area contributed by atoms with Crippen LogP contribution in [0.5, 0.6) is 0 Å². The number of aryl methyl sites for hydroxylation is 1. The number of aromatic nitrogens is 2. The molecule has 1 N–H and O–H groups in total. The average Bonchev–Trinajstić information content (AvgIpc) is 3.52. The first-order valence-corrected chi connectivity index (χ1v) is 14.2. The van der Waals surface area contributed by atoms with Crippen LogP contribution in [0.3, 0.4) is 0 Å². The second-order valence-corrected chi connectivity index (χ2v) is 10.7. The van der Waals surface area contributed by atoms with Gasteiger partial charge in [-0.1, -0.05) is 6.07 Å². The summed E-state index contributed by atoms with van der Waals surface area (Å²) < 4.78 is 12.6. The fourth-order valence-corrected chi connectivity index (χ4v) is 6.29. The predicted molar refractivity (Wildman–Crippen MR) is 164 cm³/mol. The molecule has 0 saturated carbocycles. The van der Waals surface area contributed by atoms with Gasteiger partial charge in [-0.2, -0.15) is 0 Å². The van der Waals surface area contributed by atoms with Gasteiger partial charge < -0.3 is 29.2 Å². The third kappa shape index (κ3) is 5.07. The Kier molecular flexibility index (Phi) is 7.47. The fourth-order valence-electron chi connectivity index (χ4n) is 5.94. The first-order chi connectivity index (χ1) is 20.0. The number of methoxy groups -OCH3 is 1. The number of hydrogen-bond acceptors (Lipinski definition) is 6. The summed E-state index contributed by atoms with van der Waals surface area (Å²) in [5.41, 5.74) is 7.97. The lowest BCUT2D eigenvalue weighted by molar-refractivity contribution is 0.0600. The molecule has 0 amide bonds. The predicted octanol–water partition coefficient (Wildman–Crippen LogP) is 5.29. The first-order valence-electron chi connectivity index (χ1n) is 13.8. The number of morpholine rings is 1. The molecule has 0 aliphatic carbocycles. The Morgan fingerprint density at radius 1 is 0.976 bits per heavy atom. The largest absolute Gasteiger partial charge is 0.465 e. The summed E-state index contributed by atoms with van der Waals surface area (Å²) >= 11 is 5.97. The molecule has 9 heteroatoms. The summed E-state index contributed by atoms with van der Waals surface area (Å²) in [6.07, 6.45) is 1.82. The standard InChI is InChI=1S/C32H33N5O3S/c1-21-20-27(22(2)36(21)25-9-7-23(8-10-25)31(38)39-3)30-29(28-6-4-5-15-33-28)34-32(41)37(30)26-13-11-24(12-14-26)35-16-18-40-19-17-35/h4-15,20,29-30H,16-19H2,1-3H3,(H,34,41)/t29-,30-/m1/s1. The number of carbonyl (C=O) groups excluding carboxylic acids is 1. The van der Waals surface area contributed by atoms with E-state index in [9.17, 15) is 4.79 Å². The number of pyridine rings is 1. The van der Waals surface area contributed by atoms with Crippen LogP contribution in [0.25, 0.3) is 5.69 Å². The van der Waals surface area contributed by atoms with Crippen molar-refractivity contribution in [1.82, 2.24) is 14.9 Å². The molecule has 4 heterocycles. The highest BCUT2D eigenvalue weighted by atomic mass is 32.1. The number of nitrogens with one attached hydrogen (secondary N) is 1. The molecule has 210 valence electrons. The molecule has 0 bridgehead atoms. The maximum Gasteiger partial charge on any atom is 0.337 e. The maximum atomic E-state index is 12.0. The van der Waals surface area contributed by atoms with Gasteiger partial charge >= 0.3 is 5.97 Å². The molecule has 2 aliphatic heterocycles. The molecule has 2 aliphatic rings. The number of anilines is 2. The Labute approximate surface area is 245 Å². The quantitative estimate of drug-likeness (QED) is 0.249. The van der Waals surface area contributed by atoms with E-state index in [0.717, 1.165) is 60.3 Å². The number of esters is 1. The van der Waals surface area contributed by atoms with Gasteiger partial charge in [-0.15, -0.1) is 0 Å². The van der Waals surface area contributed by atoms with Crippen molar-refractivity contribution >= 4 is 34.7 Å². The van der Waals surface area contributed by atoms with E-state index in [-0.39, 0.29) is 18.1 Å². The Morgan fingerprint density at radius 3 is 2.32 bits per heavy atom. The minimum atomic E-state index is -0.350. The molecule has 0 unspecified atom stereocenters. The van der Waals surface area contributed by atoms with Crippen molar-refractivity contribution in [3.8, 4) is 5.69 Å². The first kappa shape index (κ1) is 27.0. The maximum absolute atomic E-state index is 12.0. The minimum absolute atomic E-state index is 0.124. The smallest absolute Gasteiger partial charge is 0.337 e. The van der Waals surface area contributed by atoms with E-state index in [1.54, 1.807) is 12.1 Å². The average molecular weight is 568 g/mol. The van der Waals surface area contributed by atoms with Gasteiger partial charge in [0.2, 0.25) is 0 Å². The molecule has 4 aromatic rings. The van der Waals surface area contributed by atoms with Crippen molar-refractivity contribution in [3.63, 3.8) is 0 Å². The lowest BCUT2D eigenvalue weighted by Crippen LogP contribution is -2.36. The summed E-state index contributed by atoms with van der Waals surface area (Å²) in [4.78, 5) is 21.3. The zero-order valence-corrected chi connectivity index (χ0v) is 24.2. The molecular formula is C32H33N5O3S. The monoisotopic (exact) mass is 567 g/mol. The van der Waals surface area contributed by atoms with Crippen molar-refractivity contribution in [3.05, 3.63) is 107 Å². The second-order valence-electron chi connectivity index (χ2n) is 10.3. The summed E-state index contributed by atoms with van der Waals surface area (Å²) in [6.45, 7) is 7.50. The van der Waals surface area contributed by atoms with E-state index in [1.165, 1.54) is 12.8 Å². The Balaban J connectivity index is 1.41. The van der Waals surface area contributed by atoms with Gasteiger partial charge in [-0.3, -0.25) is 4.98 Å². The van der Waals surface area contributed by atoms with Crippen molar-refractivity contribution in [1.29, 1.82) is 0 Å². The third-order valence-corrected chi connectivity index (χ3v) is 8.25. The molecule has 8 nitrogen and oxygen atoms in total. The molecule has 2 aromatic carbocycles. The van der Waals surface area contributed by atoms with Crippen molar-refractivity contribution in [2.24, 2.45) is 0 Å². The molecule has 2 saturated heterocycles. The lowest BCUT2D eigenvalue weighted by Gasteiger charge is -2.31. The molecule has 0 spiro atoms. The summed E-state index contributed by atoms with van der Waals surface area (Å²) in [5.74, 6) is -0.350. The topological polar surface area (TPSA) is 71.9 Å². The fraction of sp³-hybridized carbons (Fsp3) is 0.281. The highest BCUT2D eigenvalue weighted by Crippen LogP contribution is 2.44. The SMILES string of the molecule is COC(=O)c1ccc(-n2c(C)cc([C@@H]3[C@@H](c4ccccn4)NC(=S)N3c3ccc(N4CCOCC4)cc3)c2C)cc1. The Bertz CT molecular complexity index is 1550. The molecule has 2 aromatic heterocycles. The normalized spacial score (nSPS) is 18.9. The van der Waals surface area contributed by atoms with Crippen LogP contribution in [0.4, 0.5) is 11.4 Å². The number of carbonyl (C=O) groups is 1. The number of rotatable bonds is 6. The van der Waals surface area contributed by atoms with Gasteiger partial charge in [0.1, 0.15) is 0 Å². The lowest BCUT2D eigenvalue weighted by atomic mass is 9.96. The van der Waals surface area contributed by atoms with Crippen LogP contribution in [0.2, 0.25) is 0 Å². The number of thiocarbonyl (C=S) groups is 1. The molecule has 0 radical (unpaired) electrons. The number of nitrogens with zero attached hydrogens (tertiary/aromatic N) is 4. The Morgan fingerprint density at radius 2 is 1.66 bits per heavy atom. The van der Waals surface area contributed by atoms with E-state index in [4.69, 9.17) is 26.7 Å². The van der Waals surface area contributed by atoms with Crippen LogP contribution in [0.1, 0.15) is 45.1 Å². The van der Waals surface area contributed by atoms with E-state index < -0.39 is 0 Å². The third-order valence-electron chi connectivity index (χ3n) is 7.94. The molecule has 2 atom stereocenters. The number of ether oxygens (including phenoxy) is 2. The molecular weight excluding hydrogens is 534 g/mol. The van der Waals surface area contributed by atoms with Crippen LogP contribution in [0, 0.1) is 13.8 Å². The van der Waals surface area contributed by atoms with Crippen molar-refractivity contribution in [2.75, 3.05) is 43.2 Å². The van der Waals surface area contributed by atoms with Gasteiger partial charge in [0, 0.05) is 47.7 Å². The van der Waals surface area contributed by atoms with Gasteiger partial charge in [0.05, 0.1) is 43.7 Å². The summed E-state index contributed by atoms with van der Waals surface area (Å²) in [5, 5.41) is 4.24. The highest BCUT2D eigenvalue weighted by Gasteiger charge is 2.42. The molecule has 2 fully saturated rings. The van der Waals surface area contributed by atoms with Gasteiger partial charge in [-0.05, 0) is 98.4 Å². The van der Waals surface area contributed by atoms with Gasteiger partial charge in [0.15, 0.2) is 5.11 Å². The second kappa shape index (κ2) is 11.3. The highest BCUT2D eigenvalue weighted by molar-refractivity contribution is 7.80. The zero-order valence-electron chi connectivity index (χ0n) is 23.4. The number of benzene rings is 2.